The lowest BCUT2D eigenvalue weighted by molar-refractivity contribution is -0.160. The molecule has 4 rings (SSSR count). The van der Waals surface area contributed by atoms with Crippen molar-refractivity contribution in [3.05, 3.63) is 23.5 Å². The zero-order chi connectivity index (χ0) is 19.1. The van der Waals surface area contributed by atoms with Crippen LogP contribution in [-0.4, -0.2) is 27.4 Å². The van der Waals surface area contributed by atoms with Gasteiger partial charge in [0, 0.05) is 16.9 Å². The molecule has 4 aliphatic carbocycles. The van der Waals surface area contributed by atoms with Crippen LogP contribution >= 0.6 is 0 Å². The maximum absolute atomic E-state index is 12.3. The Morgan fingerprint density at radius 2 is 1.81 bits per heavy atom. The number of allylic oxidation sites excluding steroid dienone is 3. The first-order valence-corrected chi connectivity index (χ1v) is 9.96. The van der Waals surface area contributed by atoms with Gasteiger partial charge in [-0.3, -0.25) is 9.59 Å². The maximum Gasteiger partial charge on any atom is 0.182 e. The van der Waals surface area contributed by atoms with E-state index in [0.29, 0.717) is 12.3 Å². The highest BCUT2D eigenvalue weighted by molar-refractivity contribution is 6.01. The van der Waals surface area contributed by atoms with Crippen molar-refractivity contribution >= 4 is 11.6 Å². The summed E-state index contributed by atoms with van der Waals surface area (Å²) >= 11 is 0. The molecule has 0 aliphatic heterocycles. The molecule has 3 fully saturated rings. The first-order valence-electron chi connectivity index (χ1n) is 9.96. The van der Waals surface area contributed by atoms with Crippen LogP contribution in [0.4, 0.5) is 0 Å². The number of carbonyl (C=O) groups excluding carboxylic acids is 2. The second kappa shape index (κ2) is 5.31. The molecule has 3 saturated carbocycles. The molecular formula is C22H30O4. The van der Waals surface area contributed by atoms with E-state index in [1.807, 2.05) is 0 Å². The van der Waals surface area contributed by atoms with Gasteiger partial charge in [-0.1, -0.05) is 13.8 Å². The van der Waals surface area contributed by atoms with E-state index >= 15 is 0 Å². The first kappa shape index (κ1) is 18.0. The number of rotatable bonds is 1. The topological polar surface area (TPSA) is 74.6 Å². The van der Waals surface area contributed by atoms with Crippen LogP contribution in [0.15, 0.2) is 23.5 Å². The lowest BCUT2D eigenvalue weighted by atomic mass is 9.45. The third kappa shape index (κ3) is 1.94. The van der Waals surface area contributed by atoms with E-state index in [9.17, 15) is 19.8 Å². The fraction of sp³-hybridized carbons (Fsp3) is 0.727. The number of carbonyl (C=O) groups is 2. The van der Waals surface area contributed by atoms with E-state index in [-0.39, 0.29) is 40.5 Å². The van der Waals surface area contributed by atoms with E-state index in [0.717, 1.165) is 31.3 Å². The van der Waals surface area contributed by atoms with E-state index in [2.05, 4.69) is 20.8 Å². The maximum atomic E-state index is 12.3. The molecule has 4 nitrogen and oxygen atoms in total. The van der Waals surface area contributed by atoms with Gasteiger partial charge in [-0.15, -0.1) is 0 Å². The Hall–Kier alpha value is -1.42. The second-order valence-corrected chi connectivity index (χ2v) is 9.66. The van der Waals surface area contributed by atoms with E-state index in [1.54, 1.807) is 6.08 Å². The van der Waals surface area contributed by atoms with Gasteiger partial charge in [0.2, 0.25) is 0 Å². The van der Waals surface area contributed by atoms with Gasteiger partial charge in [0.05, 0.1) is 0 Å². The molecule has 0 saturated heterocycles. The summed E-state index contributed by atoms with van der Waals surface area (Å²) in [6.45, 7) is 7.84. The van der Waals surface area contributed by atoms with Gasteiger partial charge < -0.3 is 10.2 Å². The average molecular weight is 358 g/mol. The van der Waals surface area contributed by atoms with Crippen molar-refractivity contribution in [3.8, 4) is 0 Å². The molecule has 0 aromatic heterocycles. The number of aliphatic hydroxyl groups excluding tert-OH is 1. The number of aliphatic hydroxyl groups is 2. The molecule has 4 heteroatoms. The molecule has 2 N–H and O–H groups in total. The molecule has 0 bridgehead atoms. The molecule has 1 unspecified atom stereocenters. The number of hydrogen-bond donors (Lipinski definition) is 2. The van der Waals surface area contributed by atoms with E-state index in [1.165, 1.54) is 13.0 Å². The second-order valence-electron chi connectivity index (χ2n) is 9.66. The van der Waals surface area contributed by atoms with Gasteiger partial charge in [0.1, 0.15) is 11.4 Å². The minimum absolute atomic E-state index is 0.109. The lowest BCUT2D eigenvalue weighted by Gasteiger charge is -2.59. The monoisotopic (exact) mass is 358 g/mol. The van der Waals surface area contributed by atoms with E-state index in [4.69, 9.17) is 0 Å². The zero-order valence-electron chi connectivity index (χ0n) is 16.2. The molecule has 0 spiro atoms. The summed E-state index contributed by atoms with van der Waals surface area (Å²) in [6, 6.07) is 0. The van der Waals surface area contributed by atoms with Crippen molar-refractivity contribution in [1.29, 1.82) is 0 Å². The van der Waals surface area contributed by atoms with Gasteiger partial charge >= 0.3 is 0 Å². The molecule has 0 heterocycles. The molecule has 0 aromatic carbocycles. The van der Waals surface area contributed by atoms with Crippen LogP contribution in [0.2, 0.25) is 0 Å². The summed E-state index contributed by atoms with van der Waals surface area (Å²) in [5, 5.41) is 22.0. The Labute approximate surface area is 155 Å². The summed E-state index contributed by atoms with van der Waals surface area (Å²) < 4.78 is 0. The summed E-state index contributed by atoms with van der Waals surface area (Å²) in [5.41, 5.74) is -1.04. The van der Waals surface area contributed by atoms with Gasteiger partial charge in [-0.05, 0) is 81.3 Å². The molecular weight excluding hydrogens is 328 g/mol. The Morgan fingerprint density at radius 1 is 1.15 bits per heavy atom. The SMILES string of the molecule is CC(=O)[C@@]1(O)CC[C@H]2[C@@H]3CC(C)C4=CC(=O)C=C(O)[C@]4(C)[C@H]3CC[C@@]21C. The lowest BCUT2D eigenvalue weighted by Crippen LogP contribution is -2.58. The highest BCUT2D eigenvalue weighted by Gasteiger charge is 2.66. The fourth-order valence-corrected chi connectivity index (χ4v) is 7.30. The summed E-state index contributed by atoms with van der Waals surface area (Å²) in [6.07, 6.45) is 7.12. The van der Waals surface area contributed by atoms with Crippen molar-refractivity contribution in [2.75, 3.05) is 0 Å². The molecule has 26 heavy (non-hydrogen) atoms. The Balaban J connectivity index is 1.78. The molecule has 142 valence electrons. The molecule has 7 atom stereocenters. The fourth-order valence-electron chi connectivity index (χ4n) is 7.30. The number of fused-ring (bicyclic) bond motifs is 5. The Morgan fingerprint density at radius 3 is 2.46 bits per heavy atom. The highest BCUT2D eigenvalue weighted by atomic mass is 16.3. The van der Waals surface area contributed by atoms with Crippen LogP contribution < -0.4 is 0 Å². The van der Waals surface area contributed by atoms with Crippen molar-refractivity contribution in [2.45, 2.75) is 65.4 Å². The van der Waals surface area contributed by atoms with Gasteiger partial charge in [0.25, 0.3) is 0 Å². The zero-order valence-corrected chi connectivity index (χ0v) is 16.2. The average Bonchev–Trinajstić information content (AvgIpc) is 2.83. The molecule has 0 amide bonds. The predicted octanol–water partition coefficient (Wildman–Crippen LogP) is 3.75. The molecule has 0 aromatic rings. The third-order valence-corrected chi connectivity index (χ3v) is 8.78. The van der Waals surface area contributed by atoms with E-state index < -0.39 is 11.0 Å². The quantitative estimate of drug-likeness (QED) is 0.749. The minimum atomic E-state index is -1.22. The summed E-state index contributed by atoms with van der Waals surface area (Å²) in [4.78, 5) is 24.3. The Bertz CT molecular complexity index is 749. The van der Waals surface area contributed by atoms with Crippen molar-refractivity contribution < 1.29 is 19.8 Å². The van der Waals surface area contributed by atoms with Crippen LogP contribution in [0.1, 0.15) is 59.8 Å². The number of Topliss-reactive ketones (excluding diaryl/α,β-unsaturated/α-hetero) is 1. The Kier molecular flexibility index (Phi) is 3.67. The summed E-state index contributed by atoms with van der Waals surface area (Å²) in [7, 11) is 0. The number of hydrogen-bond acceptors (Lipinski definition) is 4. The normalized spacial score (nSPS) is 50.3. The number of ketones is 2. The predicted molar refractivity (Wildman–Crippen MR) is 98.4 cm³/mol. The standard InChI is InChI=1S/C22H30O4/c1-12-9-15-16-6-8-22(26,13(2)23)20(16,3)7-5-17(15)21(4)18(12)10-14(24)11-19(21)25/h10-12,15-17,25-26H,5-9H2,1-4H3/t12?,15-,16-,17-,20-,21+,22-/m0/s1. The largest absolute Gasteiger partial charge is 0.511 e. The first-order chi connectivity index (χ1) is 12.1. The van der Waals surface area contributed by atoms with Crippen molar-refractivity contribution in [3.63, 3.8) is 0 Å². The van der Waals surface area contributed by atoms with Crippen LogP contribution in [0, 0.1) is 34.5 Å². The van der Waals surface area contributed by atoms with Gasteiger partial charge in [-0.2, -0.15) is 0 Å². The molecule has 4 aliphatic rings. The van der Waals surface area contributed by atoms with Crippen molar-refractivity contribution in [1.82, 2.24) is 0 Å². The van der Waals surface area contributed by atoms with Crippen LogP contribution in [-0.2, 0) is 9.59 Å². The van der Waals surface area contributed by atoms with Crippen molar-refractivity contribution in [2.24, 2.45) is 34.5 Å². The summed E-state index contributed by atoms with van der Waals surface area (Å²) in [5.74, 6) is 1.07. The van der Waals surface area contributed by atoms with Crippen LogP contribution in [0.25, 0.3) is 0 Å². The third-order valence-electron chi connectivity index (χ3n) is 8.78. The molecule has 0 radical (unpaired) electrons. The minimum Gasteiger partial charge on any atom is -0.511 e. The smallest absolute Gasteiger partial charge is 0.182 e. The van der Waals surface area contributed by atoms with Gasteiger partial charge in [-0.25, -0.2) is 0 Å². The van der Waals surface area contributed by atoms with Crippen LogP contribution in [0.5, 0.6) is 0 Å². The van der Waals surface area contributed by atoms with Gasteiger partial charge in [0.15, 0.2) is 11.6 Å². The van der Waals surface area contributed by atoms with Crippen LogP contribution in [0.3, 0.4) is 0 Å². The highest BCUT2D eigenvalue weighted by Crippen LogP contribution is 2.68.